The molecule has 0 aliphatic rings. The lowest BCUT2D eigenvalue weighted by molar-refractivity contribution is -0.137. The van der Waals surface area contributed by atoms with Crippen molar-refractivity contribution < 1.29 is 23.9 Å². The van der Waals surface area contributed by atoms with Gasteiger partial charge < -0.3 is 14.8 Å². The van der Waals surface area contributed by atoms with Crippen LogP contribution >= 0.6 is 11.3 Å². The lowest BCUT2D eigenvalue weighted by Gasteiger charge is -2.06. The first-order valence-corrected chi connectivity index (χ1v) is 7.80. The molecule has 1 aromatic carbocycles. The van der Waals surface area contributed by atoms with Crippen molar-refractivity contribution in [3.63, 3.8) is 0 Å². The number of ketones is 1. The van der Waals surface area contributed by atoms with Crippen LogP contribution in [0.15, 0.2) is 29.6 Å². The van der Waals surface area contributed by atoms with Crippen LogP contribution in [-0.2, 0) is 9.53 Å². The number of hydrogen-bond donors (Lipinski definition) is 2. The summed E-state index contributed by atoms with van der Waals surface area (Å²) in [5.74, 6) is -1.23. The van der Waals surface area contributed by atoms with Crippen molar-refractivity contribution >= 4 is 39.9 Å². The summed E-state index contributed by atoms with van der Waals surface area (Å²) in [5, 5.41) is 6.65. The maximum Gasteiger partial charge on any atom is 0.381 e. The van der Waals surface area contributed by atoms with E-state index in [4.69, 9.17) is 4.74 Å². The molecule has 8 nitrogen and oxygen atoms in total. The number of methoxy groups -OCH3 is 1. The van der Waals surface area contributed by atoms with Gasteiger partial charge in [0.2, 0.25) is 0 Å². The fourth-order valence-electron chi connectivity index (χ4n) is 1.70. The molecule has 2 aromatic rings. The highest BCUT2D eigenvalue weighted by molar-refractivity contribution is 7.14. The minimum atomic E-state index is -0.977. The Labute approximate surface area is 141 Å². The van der Waals surface area contributed by atoms with E-state index in [0.717, 1.165) is 11.3 Å². The van der Waals surface area contributed by atoms with Gasteiger partial charge in [-0.1, -0.05) is 6.07 Å². The van der Waals surface area contributed by atoms with Gasteiger partial charge in [0, 0.05) is 17.1 Å². The molecule has 0 bridgehead atoms. The van der Waals surface area contributed by atoms with Crippen LogP contribution in [0.3, 0.4) is 0 Å². The Morgan fingerprint density at radius 2 is 2.04 bits per heavy atom. The van der Waals surface area contributed by atoms with Gasteiger partial charge in [-0.2, -0.15) is 0 Å². The number of benzene rings is 1. The van der Waals surface area contributed by atoms with E-state index >= 15 is 0 Å². The number of ether oxygens (including phenoxy) is 2. The number of hydrogen-bond acceptors (Lipinski definition) is 7. The van der Waals surface area contributed by atoms with E-state index in [2.05, 4.69) is 20.4 Å². The number of nitrogens with one attached hydrogen (secondary N) is 2. The second-order valence-electron chi connectivity index (χ2n) is 4.40. The fraction of sp³-hybridized carbons (Fsp3) is 0.200. The minimum absolute atomic E-state index is 0.0740. The molecule has 0 unspecified atom stereocenters. The van der Waals surface area contributed by atoms with E-state index in [1.54, 1.807) is 31.2 Å². The van der Waals surface area contributed by atoms with Crippen LogP contribution < -0.4 is 15.4 Å². The van der Waals surface area contributed by atoms with Crippen LogP contribution in [0.4, 0.5) is 15.6 Å². The number of anilines is 2. The first-order valence-electron chi connectivity index (χ1n) is 6.92. The summed E-state index contributed by atoms with van der Waals surface area (Å²) in [5.41, 5.74) is 0.460. The normalized spacial score (nSPS) is 9.92. The van der Waals surface area contributed by atoms with Gasteiger partial charge in [-0.15, -0.1) is 11.3 Å². The highest BCUT2D eigenvalue weighted by atomic mass is 32.1. The molecule has 1 heterocycles. The third-order valence-corrected chi connectivity index (χ3v) is 3.50. The molecule has 0 aliphatic carbocycles. The highest BCUT2D eigenvalue weighted by Crippen LogP contribution is 2.19. The zero-order valence-electron chi connectivity index (χ0n) is 13.0. The van der Waals surface area contributed by atoms with Gasteiger partial charge >= 0.3 is 12.0 Å². The predicted octanol–water partition coefficient (Wildman–Crippen LogP) is 2.54. The zero-order valence-corrected chi connectivity index (χ0v) is 13.8. The van der Waals surface area contributed by atoms with Crippen molar-refractivity contribution in [3.05, 3.63) is 35.3 Å². The Balaban J connectivity index is 1.97. The van der Waals surface area contributed by atoms with Gasteiger partial charge in [0.1, 0.15) is 11.4 Å². The molecule has 0 spiro atoms. The van der Waals surface area contributed by atoms with E-state index in [1.165, 1.54) is 12.5 Å². The van der Waals surface area contributed by atoms with Crippen LogP contribution in [0.25, 0.3) is 0 Å². The largest absolute Gasteiger partial charge is 0.497 e. The summed E-state index contributed by atoms with van der Waals surface area (Å²) in [6.07, 6.45) is 0. The number of amides is 2. The lowest BCUT2D eigenvalue weighted by atomic mass is 10.3. The quantitative estimate of drug-likeness (QED) is 0.471. The SMILES string of the molecule is CCOC(=O)C(=O)c1csc(NC(=O)Nc2cccc(OC)c2)n1. The van der Waals surface area contributed by atoms with E-state index < -0.39 is 17.8 Å². The number of carbonyl (C=O) groups excluding carboxylic acids is 3. The zero-order chi connectivity index (χ0) is 17.5. The molecule has 0 atom stereocenters. The third kappa shape index (κ3) is 4.53. The summed E-state index contributed by atoms with van der Waals surface area (Å²) >= 11 is 1.02. The second-order valence-corrected chi connectivity index (χ2v) is 5.26. The summed E-state index contributed by atoms with van der Waals surface area (Å²) < 4.78 is 9.68. The smallest absolute Gasteiger partial charge is 0.381 e. The number of aromatic nitrogens is 1. The second kappa shape index (κ2) is 8.06. The van der Waals surface area contributed by atoms with Crippen LogP contribution in [0.2, 0.25) is 0 Å². The first kappa shape index (κ1) is 17.4. The van der Waals surface area contributed by atoms with Gasteiger partial charge in [-0.05, 0) is 19.1 Å². The molecule has 0 aliphatic heterocycles. The van der Waals surface area contributed by atoms with Gasteiger partial charge in [0.15, 0.2) is 5.13 Å². The van der Waals surface area contributed by atoms with Crippen LogP contribution in [-0.4, -0.2) is 36.5 Å². The number of urea groups is 1. The summed E-state index contributed by atoms with van der Waals surface area (Å²) in [6, 6.07) is 6.29. The van der Waals surface area contributed by atoms with E-state index in [1.807, 2.05) is 0 Å². The monoisotopic (exact) mass is 349 g/mol. The van der Waals surface area contributed by atoms with Crippen LogP contribution in [0.5, 0.6) is 5.75 Å². The minimum Gasteiger partial charge on any atom is -0.497 e. The van der Waals surface area contributed by atoms with Crippen LogP contribution in [0.1, 0.15) is 17.4 Å². The van der Waals surface area contributed by atoms with Crippen molar-refractivity contribution in [2.24, 2.45) is 0 Å². The molecular formula is C15H15N3O5S. The first-order chi connectivity index (χ1) is 11.5. The molecule has 2 rings (SSSR count). The summed E-state index contributed by atoms with van der Waals surface area (Å²) in [4.78, 5) is 38.9. The van der Waals surface area contributed by atoms with E-state index in [0.29, 0.717) is 11.4 Å². The predicted molar refractivity (Wildman–Crippen MR) is 88.7 cm³/mol. The topological polar surface area (TPSA) is 107 Å². The van der Waals surface area contributed by atoms with Crippen molar-refractivity contribution in [2.45, 2.75) is 6.92 Å². The number of Topliss-reactive ketones (excluding diaryl/α,β-unsaturated/α-hetero) is 1. The molecule has 2 amide bonds. The van der Waals surface area contributed by atoms with Gasteiger partial charge in [-0.25, -0.2) is 14.6 Å². The molecule has 0 fully saturated rings. The van der Waals surface area contributed by atoms with Gasteiger partial charge in [-0.3, -0.25) is 10.1 Å². The van der Waals surface area contributed by atoms with Crippen molar-refractivity contribution in [3.8, 4) is 5.75 Å². The maximum absolute atomic E-state index is 11.9. The maximum atomic E-state index is 11.9. The summed E-state index contributed by atoms with van der Waals surface area (Å²) in [6.45, 7) is 1.70. The van der Waals surface area contributed by atoms with Crippen LogP contribution in [0, 0.1) is 0 Å². The average molecular weight is 349 g/mol. The highest BCUT2D eigenvalue weighted by Gasteiger charge is 2.21. The molecule has 0 saturated carbocycles. The Hall–Kier alpha value is -2.94. The summed E-state index contributed by atoms with van der Waals surface area (Å²) in [7, 11) is 1.52. The number of nitrogens with zero attached hydrogens (tertiary/aromatic N) is 1. The number of thiazole rings is 1. The average Bonchev–Trinajstić information content (AvgIpc) is 3.02. The third-order valence-electron chi connectivity index (χ3n) is 2.75. The van der Waals surface area contributed by atoms with E-state index in [-0.39, 0.29) is 17.4 Å². The van der Waals surface area contributed by atoms with Crippen molar-refractivity contribution in [1.29, 1.82) is 0 Å². The van der Waals surface area contributed by atoms with Gasteiger partial charge in [0.25, 0.3) is 5.78 Å². The number of rotatable bonds is 6. The molecule has 24 heavy (non-hydrogen) atoms. The number of esters is 1. The Kier molecular flexibility index (Phi) is 5.85. The molecule has 9 heteroatoms. The molecule has 0 radical (unpaired) electrons. The molecule has 1 aromatic heterocycles. The molecular weight excluding hydrogens is 334 g/mol. The van der Waals surface area contributed by atoms with Gasteiger partial charge in [0.05, 0.1) is 13.7 Å². The van der Waals surface area contributed by atoms with Crippen molar-refractivity contribution in [1.82, 2.24) is 4.98 Å². The molecule has 126 valence electrons. The molecule has 2 N–H and O–H groups in total. The number of carbonyl (C=O) groups is 3. The van der Waals surface area contributed by atoms with E-state index in [9.17, 15) is 14.4 Å². The molecule has 0 saturated heterocycles. The van der Waals surface area contributed by atoms with Crippen molar-refractivity contribution in [2.75, 3.05) is 24.4 Å². The lowest BCUT2D eigenvalue weighted by Crippen LogP contribution is -2.20. The Morgan fingerprint density at radius 3 is 2.75 bits per heavy atom. The Morgan fingerprint density at radius 1 is 1.25 bits per heavy atom. The standard InChI is InChI=1S/C15H15N3O5S/c1-3-23-13(20)12(19)11-8-24-15(17-11)18-14(21)16-9-5-4-6-10(7-9)22-2/h4-8H,3H2,1-2H3,(H2,16,17,18,21). The Bertz CT molecular complexity index is 759. The fourth-order valence-corrected chi connectivity index (χ4v) is 2.38.